The second-order valence-electron chi connectivity index (χ2n) is 6.53. The monoisotopic (exact) mass is 446 g/mol. The molecule has 1 aromatic heterocycles. The normalized spacial score (nSPS) is 10.7. The van der Waals surface area contributed by atoms with E-state index in [4.69, 9.17) is 0 Å². The Morgan fingerprint density at radius 1 is 1.06 bits per heavy atom. The fourth-order valence-electron chi connectivity index (χ4n) is 2.70. The lowest BCUT2D eigenvalue weighted by Gasteiger charge is -2.11. The number of anilines is 1. The molecule has 0 aliphatic carbocycles. The summed E-state index contributed by atoms with van der Waals surface area (Å²) >= 11 is 1.09. The van der Waals surface area contributed by atoms with Crippen LogP contribution in [-0.4, -0.2) is 32.2 Å². The van der Waals surface area contributed by atoms with E-state index in [1.807, 2.05) is 0 Å². The smallest absolute Gasteiger partial charge is 0.240 e. The fourth-order valence-corrected chi connectivity index (χ4v) is 3.50. The van der Waals surface area contributed by atoms with Crippen LogP contribution in [0.15, 0.2) is 59.9 Å². The van der Waals surface area contributed by atoms with Crippen molar-refractivity contribution in [2.75, 3.05) is 11.1 Å². The van der Waals surface area contributed by atoms with Crippen LogP contribution in [0.1, 0.15) is 11.3 Å². The van der Waals surface area contributed by atoms with Crippen LogP contribution in [0.3, 0.4) is 0 Å². The molecule has 7 nitrogen and oxygen atoms in total. The zero-order valence-electron chi connectivity index (χ0n) is 16.3. The number of carbonyl (C=O) groups is 2. The quantitative estimate of drug-likeness (QED) is 0.439. The van der Waals surface area contributed by atoms with Gasteiger partial charge < -0.3 is 20.3 Å². The Bertz CT molecular complexity index is 1060. The first kappa shape index (κ1) is 22.4. The summed E-state index contributed by atoms with van der Waals surface area (Å²) in [5.74, 6) is -1.53. The average Bonchev–Trinajstić information content (AvgIpc) is 3.13. The lowest BCUT2D eigenvalue weighted by atomic mass is 10.2. The van der Waals surface area contributed by atoms with Gasteiger partial charge in [0.2, 0.25) is 11.8 Å². The van der Waals surface area contributed by atoms with Crippen LogP contribution in [-0.2, 0) is 29.3 Å². The van der Waals surface area contributed by atoms with Gasteiger partial charge in [-0.05, 0) is 35.9 Å². The number of amides is 2. The van der Waals surface area contributed by atoms with Crippen LogP contribution < -0.4 is 10.6 Å². The van der Waals surface area contributed by atoms with Gasteiger partial charge >= 0.3 is 0 Å². The number of hydrogen-bond donors (Lipinski definition) is 3. The molecule has 3 N–H and O–H groups in total. The Balaban J connectivity index is 1.57. The molecule has 0 bridgehead atoms. The topological polar surface area (TPSA) is 96.2 Å². The molecular formula is C21H20F2N4O3S. The van der Waals surface area contributed by atoms with E-state index in [9.17, 15) is 23.5 Å². The highest BCUT2D eigenvalue weighted by Gasteiger charge is 2.15. The van der Waals surface area contributed by atoms with Crippen LogP contribution >= 0.6 is 11.8 Å². The summed E-state index contributed by atoms with van der Waals surface area (Å²) < 4.78 is 27.7. The van der Waals surface area contributed by atoms with Gasteiger partial charge in [0, 0.05) is 12.2 Å². The molecule has 162 valence electrons. The summed E-state index contributed by atoms with van der Waals surface area (Å²) in [6.45, 7) is -0.208. The largest absolute Gasteiger partial charge is 0.390 e. The van der Waals surface area contributed by atoms with Crippen molar-refractivity contribution in [1.82, 2.24) is 14.9 Å². The molecular weight excluding hydrogens is 426 g/mol. The van der Waals surface area contributed by atoms with E-state index in [1.54, 1.807) is 18.2 Å². The predicted octanol–water partition coefficient (Wildman–Crippen LogP) is 2.70. The van der Waals surface area contributed by atoms with Gasteiger partial charge in [0.1, 0.15) is 18.2 Å². The minimum Gasteiger partial charge on any atom is -0.390 e. The summed E-state index contributed by atoms with van der Waals surface area (Å²) in [5, 5.41) is 15.2. The van der Waals surface area contributed by atoms with Gasteiger partial charge in [-0.25, -0.2) is 13.8 Å². The van der Waals surface area contributed by atoms with Crippen LogP contribution in [0.4, 0.5) is 14.5 Å². The standard InChI is InChI=1S/C21H20F2N4O3S/c22-15-6-4-14(5-7-15)9-24-19(29)11-27-18(12-28)10-25-21(27)31-13-20(30)26-17-3-1-2-16(23)8-17/h1-8,10,28H,9,11-13H2,(H,24,29)(H,26,30). The lowest BCUT2D eigenvalue weighted by molar-refractivity contribution is -0.122. The molecule has 0 unspecified atom stereocenters. The third-order valence-corrected chi connectivity index (χ3v) is 5.20. The first-order chi connectivity index (χ1) is 14.9. The number of aliphatic hydroxyl groups excluding tert-OH is 1. The molecule has 10 heteroatoms. The van der Waals surface area contributed by atoms with Crippen molar-refractivity contribution in [3.05, 3.63) is 77.6 Å². The van der Waals surface area contributed by atoms with E-state index < -0.39 is 5.82 Å². The van der Waals surface area contributed by atoms with Crippen molar-refractivity contribution in [2.24, 2.45) is 0 Å². The van der Waals surface area contributed by atoms with Crippen LogP contribution in [0.25, 0.3) is 0 Å². The number of nitrogens with one attached hydrogen (secondary N) is 2. The van der Waals surface area contributed by atoms with E-state index in [-0.39, 0.29) is 43.1 Å². The van der Waals surface area contributed by atoms with E-state index in [0.717, 1.165) is 17.3 Å². The predicted molar refractivity (Wildman–Crippen MR) is 112 cm³/mol. The van der Waals surface area contributed by atoms with E-state index in [2.05, 4.69) is 15.6 Å². The Morgan fingerprint density at radius 2 is 1.84 bits per heavy atom. The molecule has 2 amide bonds. The number of aliphatic hydroxyl groups is 1. The van der Waals surface area contributed by atoms with Gasteiger partial charge in [0.15, 0.2) is 5.16 Å². The SMILES string of the molecule is O=C(Cn1c(CO)cnc1SCC(=O)Nc1cccc(F)c1)NCc1ccc(F)cc1. The van der Waals surface area contributed by atoms with Gasteiger partial charge in [-0.15, -0.1) is 0 Å². The minimum absolute atomic E-state index is 0.0183. The fraction of sp³-hybridized carbons (Fsp3) is 0.190. The Labute approximate surface area is 181 Å². The molecule has 0 spiro atoms. The van der Waals surface area contributed by atoms with Crippen molar-refractivity contribution in [1.29, 1.82) is 0 Å². The molecule has 0 aliphatic rings. The number of carbonyl (C=O) groups excluding carboxylic acids is 2. The number of aromatic nitrogens is 2. The highest BCUT2D eigenvalue weighted by Crippen LogP contribution is 2.19. The maximum atomic E-state index is 13.2. The number of hydrogen-bond acceptors (Lipinski definition) is 5. The summed E-state index contributed by atoms with van der Waals surface area (Å²) in [7, 11) is 0. The molecule has 0 saturated carbocycles. The molecule has 3 aromatic rings. The van der Waals surface area contributed by atoms with Crippen molar-refractivity contribution in [3.8, 4) is 0 Å². The second kappa shape index (κ2) is 10.7. The summed E-state index contributed by atoms with van der Waals surface area (Å²) in [6.07, 6.45) is 1.43. The Hall–Kier alpha value is -3.24. The van der Waals surface area contributed by atoms with Gasteiger partial charge in [-0.1, -0.05) is 30.0 Å². The number of thioether (sulfide) groups is 1. The first-order valence-electron chi connectivity index (χ1n) is 9.29. The zero-order valence-corrected chi connectivity index (χ0v) is 17.2. The second-order valence-corrected chi connectivity index (χ2v) is 7.47. The molecule has 0 aliphatic heterocycles. The van der Waals surface area contributed by atoms with Gasteiger partial charge in [-0.3, -0.25) is 9.59 Å². The molecule has 0 radical (unpaired) electrons. The number of halogens is 2. The van der Waals surface area contributed by atoms with Gasteiger partial charge in [0.05, 0.1) is 24.3 Å². The number of imidazole rings is 1. The highest BCUT2D eigenvalue weighted by molar-refractivity contribution is 7.99. The van der Waals surface area contributed by atoms with E-state index in [0.29, 0.717) is 16.5 Å². The van der Waals surface area contributed by atoms with Crippen molar-refractivity contribution in [2.45, 2.75) is 24.9 Å². The van der Waals surface area contributed by atoms with Gasteiger partial charge in [-0.2, -0.15) is 0 Å². The van der Waals surface area contributed by atoms with Crippen LogP contribution in [0.2, 0.25) is 0 Å². The molecule has 0 fully saturated rings. The van der Waals surface area contributed by atoms with Crippen molar-refractivity contribution in [3.63, 3.8) is 0 Å². The maximum absolute atomic E-state index is 13.2. The molecule has 0 saturated heterocycles. The number of rotatable bonds is 9. The van der Waals surface area contributed by atoms with Crippen molar-refractivity contribution >= 4 is 29.3 Å². The van der Waals surface area contributed by atoms with E-state index >= 15 is 0 Å². The zero-order chi connectivity index (χ0) is 22.2. The van der Waals surface area contributed by atoms with Crippen LogP contribution in [0.5, 0.6) is 0 Å². The maximum Gasteiger partial charge on any atom is 0.240 e. The Kier molecular flexibility index (Phi) is 7.74. The minimum atomic E-state index is -0.458. The van der Waals surface area contributed by atoms with Crippen molar-refractivity contribution < 1.29 is 23.5 Å². The first-order valence-corrected chi connectivity index (χ1v) is 10.3. The highest BCUT2D eigenvalue weighted by atomic mass is 32.2. The molecule has 31 heavy (non-hydrogen) atoms. The summed E-state index contributed by atoms with van der Waals surface area (Å²) in [6, 6.07) is 11.3. The third-order valence-electron chi connectivity index (χ3n) is 4.21. The summed E-state index contributed by atoms with van der Waals surface area (Å²) in [5.41, 5.74) is 1.50. The lowest BCUT2D eigenvalue weighted by Crippen LogP contribution is -2.28. The Morgan fingerprint density at radius 3 is 2.55 bits per heavy atom. The molecule has 2 aromatic carbocycles. The summed E-state index contributed by atoms with van der Waals surface area (Å²) in [4.78, 5) is 28.7. The third kappa shape index (κ3) is 6.63. The van der Waals surface area contributed by atoms with E-state index in [1.165, 1.54) is 41.1 Å². The van der Waals surface area contributed by atoms with Crippen LogP contribution in [0, 0.1) is 11.6 Å². The number of nitrogens with zero attached hydrogens (tertiary/aromatic N) is 2. The number of benzene rings is 2. The van der Waals surface area contributed by atoms with Gasteiger partial charge in [0.25, 0.3) is 0 Å². The average molecular weight is 446 g/mol. The molecule has 1 heterocycles. The molecule has 0 atom stereocenters. The molecule has 3 rings (SSSR count).